The molecule has 158 valence electrons. The van der Waals surface area contributed by atoms with Crippen molar-refractivity contribution in [2.45, 2.75) is 31.2 Å². The van der Waals surface area contributed by atoms with Gasteiger partial charge in [-0.1, -0.05) is 6.07 Å². The number of nitrogens with two attached hydrogens (primary N) is 1. The van der Waals surface area contributed by atoms with E-state index >= 15 is 0 Å². The van der Waals surface area contributed by atoms with Gasteiger partial charge in [0.25, 0.3) is 0 Å². The molecule has 2 amide bonds. The molecule has 1 aliphatic carbocycles. The molecule has 9 nitrogen and oxygen atoms in total. The van der Waals surface area contributed by atoms with Gasteiger partial charge < -0.3 is 35.6 Å². The second-order valence-corrected chi connectivity index (χ2v) is 7.11. The first-order valence-electron chi connectivity index (χ1n) is 9.67. The molecule has 3 atom stereocenters. The number of nitrogens with zero attached hydrogens (tertiary/aromatic N) is 1. The molecule has 3 rings (SSSR count). The number of anilines is 1. The van der Waals surface area contributed by atoms with Gasteiger partial charge in [0.2, 0.25) is 11.8 Å². The van der Waals surface area contributed by atoms with Crippen LogP contribution >= 0.6 is 0 Å². The van der Waals surface area contributed by atoms with E-state index in [9.17, 15) is 19.8 Å². The number of rotatable bonds is 7. The standard InChI is InChI=1S/C20H27N3O6/c21-18(25)4-5-22-20(27)13-10-16(24)19(26)17(11-13)29-15-3-1-2-14(12-15)23-6-8-28-9-7-23/h1-3,11-12,16-17,19,24,26H,4-10H2,(H2,21,25)(H,22,27). The number of carbonyl (C=O) groups excluding carboxylic acids is 2. The van der Waals surface area contributed by atoms with Crippen LogP contribution in [0.5, 0.6) is 5.75 Å². The number of hydrogen-bond donors (Lipinski definition) is 4. The zero-order valence-electron chi connectivity index (χ0n) is 16.1. The molecule has 1 saturated heterocycles. The summed E-state index contributed by atoms with van der Waals surface area (Å²) < 4.78 is 11.3. The lowest BCUT2D eigenvalue weighted by Gasteiger charge is -2.32. The average Bonchev–Trinajstić information content (AvgIpc) is 2.71. The molecule has 3 unspecified atom stereocenters. The first-order chi connectivity index (χ1) is 13.9. The zero-order chi connectivity index (χ0) is 20.8. The lowest BCUT2D eigenvalue weighted by atomic mass is 9.91. The summed E-state index contributed by atoms with van der Waals surface area (Å²) in [6, 6.07) is 7.45. The van der Waals surface area contributed by atoms with Crippen LogP contribution in [-0.2, 0) is 14.3 Å². The maximum Gasteiger partial charge on any atom is 0.247 e. The van der Waals surface area contributed by atoms with Crippen molar-refractivity contribution in [2.24, 2.45) is 5.73 Å². The van der Waals surface area contributed by atoms with Crippen LogP contribution < -0.4 is 20.7 Å². The number of benzene rings is 1. The van der Waals surface area contributed by atoms with Gasteiger partial charge in [-0.15, -0.1) is 0 Å². The molecule has 9 heteroatoms. The molecule has 1 aliphatic heterocycles. The Balaban J connectivity index is 1.69. The monoisotopic (exact) mass is 405 g/mol. The van der Waals surface area contributed by atoms with E-state index in [0.717, 1.165) is 18.8 Å². The second kappa shape index (κ2) is 9.73. The van der Waals surface area contributed by atoms with E-state index in [2.05, 4.69) is 10.2 Å². The SMILES string of the molecule is NC(=O)CCNC(=O)C1=CC(Oc2cccc(N3CCOCC3)c2)C(O)C(O)C1. The molecule has 0 spiro atoms. The highest BCUT2D eigenvalue weighted by Gasteiger charge is 2.34. The Kier molecular flexibility index (Phi) is 7.08. The minimum Gasteiger partial charge on any atom is -0.483 e. The minimum absolute atomic E-state index is 0.00273. The van der Waals surface area contributed by atoms with Gasteiger partial charge in [-0.25, -0.2) is 0 Å². The summed E-state index contributed by atoms with van der Waals surface area (Å²) in [6.45, 7) is 3.00. The third-order valence-electron chi connectivity index (χ3n) is 4.94. The topological polar surface area (TPSA) is 134 Å². The van der Waals surface area contributed by atoms with Gasteiger partial charge in [0.05, 0.1) is 19.3 Å². The highest BCUT2D eigenvalue weighted by Crippen LogP contribution is 2.27. The van der Waals surface area contributed by atoms with Gasteiger partial charge in [-0.2, -0.15) is 0 Å². The van der Waals surface area contributed by atoms with Crippen molar-refractivity contribution >= 4 is 17.5 Å². The number of ether oxygens (including phenoxy) is 2. The summed E-state index contributed by atoms with van der Waals surface area (Å²) in [5, 5.41) is 23.1. The number of amides is 2. The highest BCUT2D eigenvalue weighted by molar-refractivity contribution is 5.94. The number of aliphatic hydroxyl groups excluding tert-OH is 2. The Morgan fingerprint density at radius 3 is 2.76 bits per heavy atom. The molecule has 1 heterocycles. The first kappa shape index (κ1) is 21.1. The van der Waals surface area contributed by atoms with Crippen LogP contribution in [0.2, 0.25) is 0 Å². The molecule has 1 aromatic rings. The molecule has 0 saturated carbocycles. The summed E-state index contributed by atoms with van der Waals surface area (Å²) in [7, 11) is 0. The molecule has 0 aromatic heterocycles. The number of primary amides is 1. The van der Waals surface area contributed by atoms with Crippen molar-refractivity contribution in [1.82, 2.24) is 5.32 Å². The van der Waals surface area contributed by atoms with Gasteiger partial charge in [-0.3, -0.25) is 9.59 Å². The van der Waals surface area contributed by atoms with Gasteiger partial charge in [0.15, 0.2) is 0 Å². The van der Waals surface area contributed by atoms with E-state index in [1.54, 1.807) is 6.07 Å². The van der Waals surface area contributed by atoms with Crippen LogP contribution in [0.4, 0.5) is 5.69 Å². The normalized spacial score (nSPS) is 24.6. The number of aliphatic hydroxyl groups is 2. The molecule has 1 fully saturated rings. The third-order valence-corrected chi connectivity index (χ3v) is 4.94. The number of morpholine rings is 1. The Morgan fingerprint density at radius 2 is 2.03 bits per heavy atom. The van der Waals surface area contributed by atoms with Crippen LogP contribution in [0.3, 0.4) is 0 Å². The highest BCUT2D eigenvalue weighted by atomic mass is 16.5. The molecule has 0 bridgehead atoms. The van der Waals surface area contributed by atoms with E-state index in [4.69, 9.17) is 15.2 Å². The third kappa shape index (κ3) is 5.69. The van der Waals surface area contributed by atoms with Crippen LogP contribution in [-0.4, -0.2) is 73.2 Å². The second-order valence-electron chi connectivity index (χ2n) is 7.11. The Morgan fingerprint density at radius 1 is 1.28 bits per heavy atom. The van der Waals surface area contributed by atoms with Gasteiger partial charge >= 0.3 is 0 Å². The number of carbonyl (C=O) groups is 2. The van der Waals surface area contributed by atoms with Crippen LogP contribution in [0, 0.1) is 0 Å². The summed E-state index contributed by atoms with van der Waals surface area (Å²) >= 11 is 0. The van der Waals surface area contributed by atoms with Crippen molar-refractivity contribution < 1.29 is 29.3 Å². The van der Waals surface area contributed by atoms with Crippen molar-refractivity contribution in [1.29, 1.82) is 0 Å². The lowest BCUT2D eigenvalue weighted by molar-refractivity contribution is -0.119. The fourth-order valence-corrected chi connectivity index (χ4v) is 3.35. The zero-order valence-corrected chi connectivity index (χ0v) is 16.1. The quantitative estimate of drug-likeness (QED) is 0.472. The average molecular weight is 405 g/mol. The summed E-state index contributed by atoms with van der Waals surface area (Å²) in [4.78, 5) is 25.3. The number of hydrogen-bond acceptors (Lipinski definition) is 7. The smallest absolute Gasteiger partial charge is 0.247 e. The van der Waals surface area contributed by atoms with Crippen molar-refractivity contribution in [3.63, 3.8) is 0 Å². The van der Waals surface area contributed by atoms with Crippen molar-refractivity contribution in [3.8, 4) is 5.75 Å². The maximum atomic E-state index is 12.3. The van der Waals surface area contributed by atoms with Crippen LogP contribution in [0.1, 0.15) is 12.8 Å². The minimum atomic E-state index is -1.16. The van der Waals surface area contributed by atoms with E-state index in [-0.39, 0.29) is 19.4 Å². The molecular formula is C20H27N3O6. The summed E-state index contributed by atoms with van der Waals surface area (Å²) in [5.74, 6) is -0.413. The Labute approximate surface area is 169 Å². The lowest BCUT2D eigenvalue weighted by Crippen LogP contribution is -2.45. The molecule has 5 N–H and O–H groups in total. The van der Waals surface area contributed by atoms with E-state index in [1.807, 2.05) is 18.2 Å². The molecule has 29 heavy (non-hydrogen) atoms. The Hall–Kier alpha value is -2.62. The fraction of sp³-hybridized carbons (Fsp3) is 0.500. The van der Waals surface area contributed by atoms with Gasteiger partial charge in [0, 0.05) is 49.8 Å². The number of nitrogens with one attached hydrogen (secondary N) is 1. The first-order valence-corrected chi connectivity index (χ1v) is 9.67. The molecule has 1 aromatic carbocycles. The summed E-state index contributed by atoms with van der Waals surface area (Å²) in [5.41, 5.74) is 6.33. The van der Waals surface area contributed by atoms with Crippen LogP contribution in [0.15, 0.2) is 35.9 Å². The van der Waals surface area contributed by atoms with E-state index in [0.29, 0.717) is 24.5 Å². The molecule has 0 radical (unpaired) electrons. The van der Waals surface area contributed by atoms with Gasteiger partial charge in [0.1, 0.15) is 18.0 Å². The maximum absolute atomic E-state index is 12.3. The molecule has 2 aliphatic rings. The Bertz CT molecular complexity index is 762. The fourth-order valence-electron chi connectivity index (χ4n) is 3.35. The van der Waals surface area contributed by atoms with Crippen molar-refractivity contribution in [3.05, 3.63) is 35.9 Å². The van der Waals surface area contributed by atoms with Crippen LogP contribution in [0.25, 0.3) is 0 Å². The largest absolute Gasteiger partial charge is 0.483 e. The van der Waals surface area contributed by atoms with E-state index < -0.39 is 30.1 Å². The predicted octanol–water partition coefficient (Wildman–Crippen LogP) is -0.686. The van der Waals surface area contributed by atoms with E-state index in [1.165, 1.54) is 6.08 Å². The predicted molar refractivity (Wildman–Crippen MR) is 105 cm³/mol. The molecular weight excluding hydrogens is 378 g/mol. The van der Waals surface area contributed by atoms with Crippen molar-refractivity contribution in [2.75, 3.05) is 37.7 Å². The summed E-state index contributed by atoms with van der Waals surface area (Å²) in [6.07, 6.45) is -1.64. The van der Waals surface area contributed by atoms with Gasteiger partial charge in [-0.05, 0) is 18.2 Å².